The lowest BCUT2D eigenvalue weighted by atomic mass is 10.2. The van der Waals surface area contributed by atoms with E-state index >= 15 is 0 Å². The van der Waals surface area contributed by atoms with Crippen molar-refractivity contribution < 1.29 is 13.6 Å². The molecule has 2 aromatic heterocycles. The molecule has 3 aromatic rings. The fourth-order valence-corrected chi connectivity index (χ4v) is 1.96. The zero-order valence-electron chi connectivity index (χ0n) is 11.2. The maximum Gasteiger partial charge on any atom is 0.331 e. The normalized spacial score (nSPS) is 10.3. The first-order chi connectivity index (χ1) is 10.3. The number of hydrogen-bond acceptors (Lipinski definition) is 3. The zero-order chi connectivity index (χ0) is 14.5. The topological polar surface area (TPSA) is 58.6 Å². The van der Waals surface area contributed by atoms with Crippen LogP contribution in [0.15, 0.2) is 76.0 Å². The maximum atomic E-state index is 12.4. The Morgan fingerprint density at radius 2 is 1.52 bits per heavy atom. The maximum absolute atomic E-state index is 12.4. The number of hydrogen-bond donors (Lipinski definition) is 1. The van der Waals surface area contributed by atoms with E-state index in [0.29, 0.717) is 18.3 Å². The largest absolute Gasteiger partial charge is 0.448 e. The predicted molar refractivity (Wildman–Crippen MR) is 78.2 cm³/mol. The number of amides is 2. The van der Waals surface area contributed by atoms with Crippen LogP contribution in [-0.2, 0) is 6.54 Å². The number of rotatable bonds is 4. The van der Waals surface area contributed by atoms with E-state index in [4.69, 9.17) is 8.83 Å². The van der Waals surface area contributed by atoms with Crippen molar-refractivity contribution in [3.8, 4) is 0 Å². The predicted octanol–water partition coefficient (Wildman–Crippen LogP) is 3.92. The number of furan rings is 2. The van der Waals surface area contributed by atoms with Crippen LogP contribution in [0.5, 0.6) is 0 Å². The SMILES string of the molecule is O=C(NCc1ccccc1)N(c1ccco1)c1ccco1. The van der Waals surface area contributed by atoms with Gasteiger partial charge in [-0.05, 0) is 17.7 Å². The smallest absolute Gasteiger partial charge is 0.331 e. The molecular weight excluding hydrogens is 268 g/mol. The molecule has 0 atom stereocenters. The van der Waals surface area contributed by atoms with Gasteiger partial charge in [0.25, 0.3) is 0 Å². The lowest BCUT2D eigenvalue weighted by molar-refractivity contribution is 0.246. The Bertz CT molecular complexity index is 641. The van der Waals surface area contributed by atoms with E-state index in [9.17, 15) is 4.79 Å². The molecule has 21 heavy (non-hydrogen) atoms. The van der Waals surface area contributed by atoms with Crippen LogP contribution in [0.25, 0.3) is 0 Å². The monoisotopic (exact) mass is 282 g/mol. The van der Waals surface area contributed by atoms with Gasteiger partial charge in [-0.15, -0.1) is 0 Å². The number of nitrogens with zero attached hydrogens (tertiary/aromatic N) is 1. The van der Waals surface area contributed by atoms with Crippen molar-refractivity contribution in [1.82, 2.24) is 5.32 Å². The molecule has 0 saturated carbocycles. The molecule has 0 aliphatic carbocycles. The van der Waals surface area contributed by atoms with Crippen molar-refractivity contribution in [3.63, 3.8) is 0 Å². The van der Waals surface area contributed by atoms with Gasteiger partial charge in [0, 0.05) is 18.7 Å². The highest BCUT2D eigenvalue weighted by Crippen LogP contribution is 2.26. The molecular formula is C16H14N2O3. The number of benzene rings is 1. The summed E-state index contributed by atoms with van der Waals surface area (Å²) >= 11 is 0. The van der Waals surface area contributed by atoms with E-state index in [1.165, 1.54) is 17.4 Å². The van der Waals surface area contributed by atoms with Gasteiger partial charge in [0.15, 0.2) is 0 Å². The molecule has 0 bridgehead atoms. The number of anilines is 2. The summed E-state index contributed by atoms with van der Waals surface area (Å²) in [6.45, 7) is 0.428. The Kier molecular flexibility index (Phi) is 3.73. The average molecular weight is 282 g/mol. The van der Waals surface area contributed by atoms with Crippen molar-refractivity contribution in [2.24, 2.45) is 0 Å². The van der Waals surface area contributed by atoms with Gasteiger partial charge in [-0.1, -0.05) is 30.3 Å². The molecule has 1 N–H and O–H groups in total. The van der Waals surface area contributed by atoms with E-state index in [1.54, 1.807) is 24.3 Å². The Balaban J connectivity index is 1.76. The molecule has 2 amide bonds. The summed E-state index contributed by atoms with van der Waals surface area (Å²) in [6.07, 6.45) is 3.02. The molecule has 0 unspecified atom stereocenters. The van der Waals surface area contributed by atoms with Crippen molar-refractivity contribution in [2.45, 2.75) is 6.54 Å². The quantitative estimate of drug-likeness (QED) is 0.789. The summed E-state index contributed by atoms with van der Waals surface area (Å²) in [5.41, 5.74) is 1.02. The van der Waals surface area contributed by atoms with Crippen molar-refractivity contribution in [1.29, 1.82) is 0 Å². The van der Waals surface area contributed by atoms with Crippen molar-refractivity contribution >= 4 is 17.8 Å². The Morgan fingerprint density at radius 1 is 0.905 bits per heavy atom. The Labute approximate surface area is 121 Å². The van der Waals surface area contributed by atoms with Gasteiger partial charge in [-0.25, -0.2) is 9.69 Å². The number of carbonyl (C=O) groups excluding carboxylic acids is 1. The minimum Gasteiger partial charge on any atom is -0.448 e. The van der Waals surface area contributed by atoms with Crippen LogP contribution in [0.4, 0.5) is 16.6 Å². The molecule has 2 heterocycles. The molecule has 106 valence electrons. The average Bonchev–Trinajstić information content (AvgIpc) is 3.20. The third-order valence-electron chi connectivity index (χ3n) is 2.94. The fraction of sp³-hybridized carbons (Fsp3) is 0.0625. The number of urea groups is 1. The van der Waals surface area contributed by atoms with Gasteiger partial charge in [-0.2, -0.15) is 0 Å². The summed E-state index contributed by atoms with van der Waals surface area (Å²) in [5, 5.41) is 2.84. The van der Waals surface area contributed by atoms with E-state index in [2.05, 4.69) is 5.32 Å². The second-order valence-electron chi connectivity index (χ2n) is 4.38. The lowest BCUT2D eigenvalue weighted by Crippen LogP contribution is -2.36. The first kappa shape index (κ1) is 13.1. The first-order valence-corrected chi connectivity index (χ1v) is 6.53. The van der Waals surface area contributed by atoms with Crippen molar-refractivity contribution in [3.05, 3.63) is 72.7 Å². The number of nitrogens with one attached hydrogen (secondary N) is 1. The minimum atomic E-state index is -0.316. The highest BCUT2D eigenvalue weighted by Gasteiger charge is 2.22. The van der Waals surface area contributed by atoms with Crippen molar-refractivity contribution in [2.75, 3.05) is 4.90 Å². The minimum absolute atomic E-state index is 0.316. The highest BCUT2D eigenvalue weighted by atomic mass is 16.4. The summed E-state index contributed by atoms with van der Waals surface area (Å²) in [4.78, 5) is 13.8. The second-order valence-corrected chi connectivity index (χ2v) is 4.38. The molecule has 0 radical (unpaired) electrons. The van der Waals surface area contributed by atoms with Crippen LogP contribution in [0.3, 0.4) is 0 Å². The standard InChI is InChI=1S/C16H14N2O3/c19-16(17-12-13-6-2-1-3-7-13)18(14-8-4-10-20-14)15-9-5-11-21-15/h1-11H,12H2,(H,17,19). The molecule has 0 aliphatic heterocycles. The summed E-state index contributed by atoms with van der Waals surface area (Å²) in [7, 11) is 0. The first-order valence-electron chi connectivity index (χ1n) is 6.53. The van der Waals surface area contributed by atoms with Gasteiger partial charge in [-0.3, -0.25) is 0 Å². The number of carbonyl (C=O) groups is 1. The van der Waals surface area contributed by atoms with E-state index in [0.717, 1.165) is 5.56 Å². The Morgan fingerprint density at radius 3 is 2.05 bits per heavy atom. The molecule has 5 nitrogen and oxygen atoms in total. The highest BCUT2D eigenvalue weighted by molar-refractivity contribution is 5.96. The van der Waals surface area contributed by atoms with Crippen LogP contribution in [0.1, 0.15) is 5.56 Å². The van der Waals surface area contributed by atoms with Gasteiger partial charge < -0.3 is 14.2 Å². The summed E-state index contributed by atoms with van der Waals surface area (Å²) in [5.74, 6) is 0.797. The molecule has 0 aliphatic rings. The Hall–Kier alpha value is -2.95. The molecule has 0 spiro atoms. The zero-order valence-corrected chi connectivity index (χ0v) is 11.2. The molecule has 0 fully saturated rings. The molecule has 5 heteroatoms. The second kappa shape index (κ2) is 6.00. The summed E-state index contributed by atoms with van der Waals surface area (Å²) < 4.78 is 10.6. The van der Waals surface area contributed by atoms with Gasteiger partial charge in [0.2, 0.25) is 11.8 Å². The third kappa shape index (κ3) is 2.97. The van der Waals surface area contributed by atoms with Crippen LogP contribution < -0.4 is 10.2 Å². The lowest BCUT2D eigenvalue weighted by Gasteiger charge is -2.17. The van der Waals surface area contributed by atoms with Gasteiger partial charge in [0.1, 0.15) is 0 Å². The van der Waals surface area contributed by atoms with Gasteiger partial charge in [0.05, 0.1) is 12.5 Å². The molecule has 3 rings (SSSR count). The molecule has 0 saturated heterocycles. The van der Waals surface area contributed by atoms with Crippen LogP contribution in [0.2, 0.25) is 0 Å². The van der Waals surface area contributed by atoms with E-state index in [1.807, 2.05) is 30.3 Å². The molecule has 1 aromatic carbocycles. The fourth-order valence-electron chi connectivity index (χ4n) is 1.96. The van der Waals surface area contributed by atoms with E-state index in [-0.39, 0.29) is 6.03 Å². The van der Waals surface area contributed by atoms with Crippen LogP contribution >= 0.6 is 0 Å². The van der Waals surface area contributed by atoms with Gasteiger partial charge >= 0.3 is 6.03 Å². The third-order valence-corrected chi connectivity index (χ3v) is 2.94. The van der Waals surface area contributed by atoms with E-state index < -0.39 is 0 Å². The summed E-state index contributed by atoms with van der Waals surface area (Å²) in [6, 6.07) is 16.2. The van der Waals surface area contributed by atoms with Crippen LogP contribution in [0, 0.1) is 0 Å². The van der Waals surface area contributed by atoms with Crippen LogP contribution in [-0.4, -0.2) is 6.03 Å².